The normalized spacial score (nSPS) is 13.0. The highest BCUT2D eigenvalue weighted by atomic mass is 16.5. The maximum absolute atomic E-state index is 5.42. The molecule has 0 bridgehead atoms. The first-order valence-corrected chi connectivity index (χ1v) is 2.49. The van der Waals surface area contributed by atoms with Gasteiger partial charge in [0.05, 0.1) is 0 Å². The van der Waals surface area contributed by atoms with Crippen LogP contribution in [0.2, 0.25) is 0 Å². The molecule has 1 aromatic heterocycles. The number of rotatable bonds is 2. The Kier molecular flexibility index (Phi) is 1.60. The third-order valence-electron chi connectivity index (χ3n) is 0.917. The summed E-state index contributed by atoms with van der Waals surface area (Å²) in [6.45, 7) is 3.46. The van der Waals surface area contributed by atoms with Crippen LogP contribution in [0.3, 0.4) is 0 Å². The first-order valence-electron chi connectivity index (χ1n) is 2.49. The highest BCUT2D eigenvalue weighted by Gasteiger charge is 2.04. The van der Waals surface area contributed by atoms with Crippen LogP contribution < -0.4 is 5.73 Å². The molecule has 1 rings (SSSR count). The van der Waals surface area contributed by atoms with E-state index in [9.17, 15) is 0 Å². The number of nitrogens with zero attached hydrogens (tertiary/aromatic N) is 2. The zero-order valence-electron chi connectivity index (χ0n) is 4.82. The summed E-state index contributed by atoms with van der Waals surface area (Å²) >= 11 is 0. The molecule has 0 saturated heterocycles. The molecule has 9 heavy (non-hydrogen) atoms. The lowest BCUT2D eigenvalue weighted by atomic mass is 10.3. The van der Waals surface area contributed by atoms with Gasteiger partial charge in [-0.25, -0.2) is 0 Å². The van der Waals surface area contributed by atoms with E-state index >= 15 is 0 Å². The molecule has 0 aliphatic rings. The fraction of sp³-hybridized carbons (Fsp3) is 0.200. The molecule has 48 valence electrons. The molecular weight excluding hydrogens is 118 g/mol. The van der Waals surface area contributed by atoms with Gasteiger partial charge in [-0.15, -0.1) is 6.58 Å². The Morgan fingerprint density at radius 3 is 3.11 bits per heavy atom. The van der Waals surface area contributed by atoms with Crippen LogP contribution in [0, 0.1) is 0 Å². The van der Waals surface area contributed by atoms with E-state index in [0.717, 1.165) is 0 Å². The smallest absolute Gasteiger partial charge is 0.247 e. The van der Waals surface area contributed by atoms with Gasteiger partial charge >= 0.3 is 0 Å². The minimum atomic E-state index is -0.340. The molecular formula is C5H7N3O. The number of hydrogen-bond donors (Lipinski definition) is 1. The number of nitrogens with two attached hydrogens (primary N) is 1. The molecule has 4 heteroatoms. The number of hydrogen-bond acceptors (Lipinski definition) is 4. The van der Waals surface area contributed by atoms with Crippen molar-refractivity contribution >= 4 is 0 Å². The zero-order valence-corrected chi connectivity index (χ0v) is 4.82. The van der Waals surface area contributed by atoms with E-state index in [2.05, 4.69) is 21.2 Å². The second-order valence-corrected chi connectivity index (χ2v) is 1.54. The van der Waals surface area contributed by atoms with Gasteiger partial charge in [0, 0.05) is 0 Å². The lowest BCUT2D eigenvalue weighted by Crippen LogP contribution is -2.06. The van der Waals surface area contributed by atoms with Gasteiger partial charge in [-0.2, -0.15) is 4.98 Å². The molecule has 0 amide bonds. The Hall–Kier alpha value is -1.16. The Labute approximate surface area is 52.4 Å². The monoisotopic (exact) mass is 125 g/mol. The molecule has 0 aliphatic heterocycles. The molecule has 1 atom stereocenters. The molecule has 0 aliphatic carbocycles. The summed E-state index contributed by atoms with van der Waals surface area (Å²) in [4.78, 5) is 3.71. The Bertz CT molecular complexity index is 182. The van der Waals surface area contributed by atoms with Gasteiger partial charge in [0.25, 0.3) is 0 Å². The third kappa shape index (κ3) is 1.14. The summed E-state index contributed by atoms with van der Waals surface area (Å²) in [5.41, 5.74) is 5.42. The zero-order chi connectivity index (χ0) is 6.69. The van der Waals surface area contributed by atoms with Crippen molar-refractivity contribution in [3.05, 3.63) is 24.9 Å². The fourth-order valence-electron chi connectivity index (χ4n) is 0.429. The van der Waals surface area contributed by atoms with Crippen LogP contribution in [0.25, 0.3) is 0 Å². The topological polar surface area (TPSA) is 64.9 Å². The molecule has 2 N–H and O–H groups in total. The van der Waals surface area contributed by atoms with Crippen molar-refractivity contribution in [3.8, 4) is 0 Å². The maximum Gasteiger partial charge on any atom is 0.247 e. The SMILES string of the molecule is C=CC(N)c1ncno1. The highest BCUT2D eigenvalue weighted by molar-refractivity contribution is 4.95. The predicted octanol–water partition coefficient (Wildman–Crippen LogP) is 0.255. The summed E-state index contributed by atoms with van der Waals surface area (Å²) in [5, 5.41) is 3.38. The molecule has 1 unspecified atom stereocenters. The summed E-state index contributed by atoms with van der Waals surface area (Å²) in [7, 11) is 0. The molecule has 4 nitrogen and oxygen atoms in total. The van der Waals surface area contributed by atoms with E-state index < -0.39 is 0 Å². The Morgan fingerprint density at radius 1 is 1.89 bits per heavy atom. The van der Waals surface area contributed by atoms with Crippen molar-refractivity contribution in [2.24, 2.45) is 5.73 Å². The van der Waals surface area contributed by atoms with Crippen molar-refractivity contribution in [2.45, 2.75) is 6.04 Å². The van der Waals surface area contributed by atoms with Crippen molar-refractivity contribution in [1.82, 2.24) is 10.1 Å². The molecule has 0 spiro atoms. The average Bonchev–Trinajstić information content (AvgIpc) is 2.37. The molecule has 1 heterocycles. The lowest BCUT2D eigenvalue weighted by molar-refractivity contribution is 0.368. The molecule has 0 saturated carbocycles. The van der Waals surface area contributed by atoms with Crippen molar-refractivity contribution < 1.29 is 4.52 Å². The van der Waals surface area contributed by atoms with E-state index in [-0.39, 0.29) is 6.04 Å². The van der Waals surface area contributed by atoms with Crippen LogP contribution in [0.1, 0.15) is 11.9 Å². The van der Waals surface area contributed by atoms with E-state index in [0.29, 0.717) is 5.89 Å². The second kappa shape index (κ2) is 2.41. The van der Waals surface area contributed by atoms with Gasteiger partial charge in [-0.1, -0.05) is 11.2 Å². The summed E-state index contributed by atoms with van der Waals surface area (Å²) in [6, 6.07) is -0.340. The Morgan fingerprint density at radius 2 is 2.67 bits per heavy atom. The van der Waals surface area contributed by atoms with E-state index in [1.807, 2.05) is 0 Å². The van der Waals surface area contributed by atoms with Crippen molar-refractivity contribution in [2.75, 3.05) is 0 Å². The standard InChI is InChI=1S/C5H7N3O/c1-2-4(6)5-7-3-8-9-5/h2-4H,1,6H2. The Balaban J connectivity index is 2.76. The minimum Gasteiger partial charge on any atom is -0.338 e. The average molecular weight is 125 g/mol. The van der Waals surface area contributed by atoms with Gasteiger partial charge < -0.3 is 10.3 Å². The largest absolute Gasteiger partial charge is 0.338 e. The van der Waals surface area contributed by atoms with Gasteiger partial charge in [0.1, 0.15) is 6.04 Å². The van der Waals surface area contributed by atoms with Crippen molar-refractivity contribution in [3.63, 3.8) is 0 Å². The molecule has 0 fully saturated rings. The second-order valence-electron chi connectivity index (χ2n) is 1.54. The van der Waals surface area contributed by atoms with Crippen LogP contribution in [0.15, 0.2) is 23.5 Å². The van der Waals surface area contributed by atoms with Crippen LogP contribution >= 0.6 is 0 Å². The fourth-order valence-corrected chi connectivity index (χ4v) is 0.429. The predicted molar refractivity (Wildman–Crippen MR) is 31.4 cm³/mol. The van der Waals surface area contributed by atoms with Crippen LogP contribution in [-0.2, 0) is 0 Å². The van der Waals surface area contributed by atoms with Crippen LogP contribution in [-0.4, -0.2) is 10.1 Å². The minimum absolute atomic E-state index is 0.340. The van der Waals surface area contributed by atoms with Gasteiger partial charge in [-0.3, -0.25) is 0 Å². The van der Waals surface area contributed by atoms with E-state index in [1.54, 1.807) is 0 Å². The summed E-state index contributed by atoms with van der Waals surface area (Å²) in [6.07, 6.45) is 2.84. The van der Waals surface area contributed by atoms with E-state index in [1.165, 1.54) is 12.4 Å². The third-order valence-corrected chi connectivity index (χ3v) is 0.917. The van der Waals surface area contributed by atoms with Gasteiger partial charge in [0.2, 0.25) is 5.89 Å². The molecule has 0 aromatic carbocycles. The number of aromatic nitrogens is 2. The lowest BCUT2D eigenvalue weighted by Gasteiger charge is -1.94. The first-order chi connectivity index (χ1) is 4.34. The highest BCUT2D eigenvalue weighted by Crippen LogP contribution is 2.03. The first kappa shape index (κ1) is 5.97. The maximum atomic E-state index is 5.42. The molecule has 1 aromatic rings. The van der Waals surface area contributed by atoms with Gasteiger partial charge in [-0.05, 0) is 0 Å². The van der Waals surface area contributed by atoms with Crippen molar-refractivity contribution in [1.29, 1.82) is 0 Å². The quantitative estimate of drug-likeness (QED) is 0.575. The molecule has 0 radical (unpaired) electrons. The van der Waals surface area contributed by atoms with E-state index in [4.69, 9.17) is 5.73 Å². The summed E-state index contributed by atoms with van der Waals surface area (Å²) < 4.78 is 4.63. The summed E-state index contributed by atoms with van der Waals surface area (Å²) in [5.74, 6) is 0.394. The van der Waals surface area contributed by atoms with Gasteiger partial charge in [0.15, 0.2) is 6.33 Å². The van der Waals surface area contributed by atoms with Crippen LogP contribution in [0.4, 0.5) is 0 Å². The van der Waals surface area contributed by atoms with Crippen LogP contribution in [0.5, 0.6) is 0 Å².